The number of alkyl halides is 2. The van der Waals surface area contributed by atoms with Crippen LogP contribution in [-0.2, 0) is 40.1 Å². The number of carbonyl (C=O) groups is 2. The monoisotopic (exact) mass is 633 g/mol. The number of aliphatic hydroxyl groups is 2. The third kappa shape index (κ3) is 8.44. The van der Waals surface area contributed by atoms with E-state index >= 15 is 0 Å². The minimum absolute atomic E-state index is 0.351. The third-order valence-electron chi connectivity index (χ3n) is 5.64. The molecule has 0 aromatic carbocycles. The molecular formula is C22H35F3N5O9PS. The number of aromatic nitrogens is 2. The van der Waals surface area contributed by atoms with E-state index < -0.39 is 97.2 Å². The Morgan fingerprint density at radius 3 is 2.07 bits per heavy atom. The summed E-state index contributed by atoms with van der Waals surface area (Å²) in [6, 6.07) is -2.33. The molecule has 6 N–H and O–H groups in total. The van der Waals surface area contributed by atoms with Gasteiger partial charge in [0.05, 0.1) is 25.0 Å². The Bertz CT molecular complexity index is 1180. The summed E-state index contributed by atoms with van der Waals surface area (Å²) in [7, 11) is 0. The number of hydrogen-bond donors (Lipinski definition) is 5. The molecule has 0 unspecified atom stereocenters. The highest BCUT2D eigenvalue weighted by atomic mass is 32.4. The summed E-state index contributed by atoms with van der Waals surface area (Å²) >= 11 is 5.51. The molecule has 0 aliphatic carbocycles. The number of rotatable bonds is 13. The van der Waals surface area contributed by atoms with Crippen LogP contribution in [-0.4, -0.2) is 86.8 Å². The fourth-order valence-electron chi connectivity index (χ4n) is 3.62. The Kier molecular flexibility index (Phi) is 11.8. The van der Waals surface area contributed by atoms with Gasteiger partial charge in [-0.25, -0.2) is 28.1 Å². The zero-order valence-corrected chi connectivity index (χ0v) is 24.8. The number of halogens is 3. The standard InChI is InChI=1S/C22H35F3N5O9PS/c1-9(2)37-18(33)11(5)28-40(41,29-12(6)19(34)38-10(3)4)36-8-22(20(24)25)15(32)14(31)17(39-22)30-7-13(23)16(26)27-21(30)35/h7,9-12,14-15,17,20,31-32H,8H2,1-6H3,(H2,26,27,35)(H2,28,29,41)/t11-,12-,14-,15-,17+,22+/m0/s1. The van der Waals surface area contributed by atoms with Crippen LogP contribution in [0.1, 0.15) is 47.8 Å². The molecule has 2 heterocycles. The summed E-state index contributed by atoms with van der Waals surface area (Å²) in [4.78, 5) is 40.3. The molecule has 1 aliphatic rings. The fourth-order valence-corrected chi connectivity index (χ4v) is 6.57. The number of hydrogen-bond acceptors (Lipinski definition) is 12. The van der Waals surface area contributed by atoms with Gasteiger partial charge in [-0.05, 0) is 53.3 Å². The summed E-state index contributed by atoms with van der Waals surface area (Å²) in [6.45, 7) is 4.01. The molecule has 0 bridgehead atoms. The average molecular weight is 634 g/mol. The van der Waals surface area contributed by atoms with E-state index in [1.807, 2.05) is 0 Å². The Labute approximate surface area is 238 Å². The van der Waals surface area contributed by atoms with Crippen molar-refractivity contribution in [2.75, 3.05) is 12.3 Å². The van der Waals surface area contributed by atoms with Gasteiger partial charge in [0.15, 0.2) is 30.0 Å². The van der Waals surface area contributed by atoms with Gasteiger partial charge in [0.2, 0.25) is 0 Å². The molecule has 1 aliphatic heterocycles. The fraction of sp³-hybridized carbons (Fsp3) is 0.727. The largest absolute Gasteiger partial charge is 0.462 e. The highest BCUT2D eigenvalue weighted by Gasteiger charge is 2.61. The van der Waals surface area contributed by atoms with E-state index in [1.165, 1.54) is 13.8 Å². The molecular weight excluding hydrogens is 598 g/mol. The van der Waals surface area contributed by atoms with Crippen LogP contribution >= 0.6 is 6.57 Å². The number of aliphatic hydroxyl groups excluding tert-OH is 2. The summed E-state index contributed by atoms with van der Waals surface area (Å²) in [5.74, 6) is -3.54. The number of ether oxygens (including phenoxy) is 3. The minimum Gasteiger partial charge on any atom is -0.462 e. The number of esters is 2. The SMILES string of the molecule is CC(C)OC(=O)[C@H](C)NP(=S)(N[C@@H](C)C(=O)OC(C)C)OC[C@@]1(C(F)F)O[C@@H](n2cc(F)c(N)nc2=O)[C@@H](O)[C@@H]1O. The Morgan fingerprint density at radius 2 is 1.63 bits per heavy atom. The van der Waals surface area contributed by atoms with Gasteiger partial charge in [0.1, 0.15) is 24.3 Å². The zero-order valence-electron chi connectivity index (χ0n) is 23.1. The zero-order chi connectivity index (χ0) is 31.4. The van der Waals surface area contributed by atoms with E-state index in [1.54, 1.807) is 27.7 Å². The van der Waals surface area contributed by atoms with Crippen LogP contribution in [0.4, 0.5) is 19.0 Å². The summed E-state index contributed by atoms with van der Waals surface area (Å²) in [5.41, 5.74) is 0.972. The van der Waals surface area contributed by atoms with Crippen LogP contribution in [0.3, 0.4) is 0 Å². The topological polar surface area (TPSA) is 196 Å². The van der Waals surface area contributed by atoms with E-state index in [4.69, 9.17) is 36.3 Å². The van der Waals surface area contributed by atoms with Crippen molar-refractivity contribution in [3.8, 4) is 0 Å². The van der Waals surface area contributed by atoms with Gasteiger partial charge >= 0.3 is 17.6 Å². The van der Waals surface area contributed by atoms with Gasteiger partial charge < -0.3 is 34.7 Å². The number of carbonyl (C=O) groups excluding carboxylic acids is 2. The van der Waals surface area contributed by atoms with Gasteiger partial charge in [-0.1, -0.05) is 0 Å². The highest BCUT2D eigenvalue weighted by molar-refractivity contribution is 8.10. The first kappa shape index (κ1) is 35.0. The van der Waals surface area contributed by atoms with E-state index in [9.17, 15) is 37.8 Å². The quantitative estimate of drug-likeness (QED) is 0.147. The van der Waals surface area contributed by atoms with Crippen molar-refractivity contribution in [2.45, 2.75) is 96.3 Å². The molecule has 0 spiro atoms. The van der Waals surface area contributed by atoms with Gasteiger partial charge in [-0.3, -0.25) is 14.2 Å². The summed E-state index contributed by atoms with van der Waals surface area (Å²) < 4.78 is 64.5. The lowest BCUT2D eigenvalue weighted by Gasteiger charge is -2.35. The Morgan fingerprint density at radius 1 is 1.15 bits per heavy atom. The lowest BCUT2D eigenvalue weighted by molar-refractivity contribution is -0.191. The average Bonchev–Trinajstić information content (AvgIpc) is 3.10. The van der Waals surface area contributed by atoms with Crippen LogP contribution in [0.15, 0.2) is 11.0 Å². The molecule has 41 heavy (non-hydrogen) atoms. The van der Waals surface area contributed by atoms with Crippen molar-refractivity contribution in [1.82, 2.24) is 19.7 Å². The molecule has 6 atom stereocenters. The van der Waals surface area contributed by atoms with Crippen LogP contribution in [0, 0.1) is 5.82 Å². The highest BCUT2D eigenvalue weighted by Crippen LogP contribution is 2.46. The second kappa shape index (κ2) is 13.9. The van der Waals surface area contributed by atoms with Crippen LogP contribution < -0.4 is 21.6 Å². The van der Waals surface area contributed by atoms with Gasteiger partial charge in [-0.15, -0.1) is 0 Å². The second-order valence-electron chi connectivity index (χ2n) is 9.86. The van der Waals surface area contributed by atoms with Crippen molar-refractivity contribution < 1.29 is 51.7 Å². The number of nitrogens with two attached hydrogens (primary N) is 1. The predicted octanol–water partition coefficient (Wildman–Crippen LogP) is 0.320. The molecule has 1 aromatic heterocycles. The molecule has 234 valence electrons. The van der Waals surface area contributed by atoms with E-state index in [2.05, 4.69) is 15.2 Å². The van der Waals surface area contributed by atoms with Crippen molar-refractivity contribution in [3.05, 3.63) is 22.5 Å². The molecule has 14 nitrogen and oxygen atoms in total. The van der Waals surface area contributed by atoms with Crippen molar-refractivity contribution in [1.29, 1.82) is 0 Å². The first-order valence-electron chi connectivity index (χ1n) is 12.4. The van der Waals surface area contributed by atoms with Crippen LogP contribution in [0.2, 0.25) is 0 Å². The maximum atomic E-state index is 14.5. The third-order valence-corrected chi connectivity index (χ3v) is 8.54. The van der Waals surface area contributed by atoms with Gasteiger partial charge in [0, 0.05) is 0 Å². The van der Waals surface area contributed by atoms with Crippen molar-refractivity contribution in [3.63, 3.8) is 0 Å². The second-order valence-corrected chi connectivity index (χ2v) is 13.3. The number of nitrogen functional groups attached to an aromatic ring is 1. The molecule has 0 radical (unpaired) electrons. The maximum Gasteiger partial charge on any atom is 0.351 e. The molecule has 0 saturated carbocycles. The first-order chi connectivity index (χ1) is 18.8. The molecule has 1 aromatic rings. The molecule has 19 heteroatoms. The smallest absolute Gasteiger partial charge is 0.351 e. The number of nitrogens with zero attached hydrogens (tertiary/aromatic N) is 2. The number of nitrogens with one attached hydrogen (secondary N) is 2. The van der Waals surface area contributed by atoms with E-state index in [-0.39, 0.29) is 0 Å². The minimum atomic E-state index is -3.85. The normalized spacial score (nSPS) is 24.6. The van der Waals surface area contributed by atoms with Gasteiger partial charge in [0.25, 0.3) is 6.43 Å². The summed E-state index contributed by atoms with van der Waals surface area (Å²) in [6.07, 6.45) is -10.7. The van der Waals surface area contributed by atoms with E-state index in [0.29, 0.717) is 10.8 Å². The molecule has 1 fully saturated rings. The summed E-state index contributed by atoms with van der Waals surface area (Å²) in [5, 5.41) is 26.5. The lowest BCUT2D eigenvalue weighted by Crippen LogP contribution is -2.53. The molecule has 1 saturated heterocycles. The number of anilines is 1. The van der Waals surface area contributed by atoms with Crippen molar-refractivity contribution >= 4 is 36.1 Å². The maximum absolute atomic E-state index is 14.5. The van der Waals surface area contributed by atoms with Crippen molar-refractivity contribution in [2.24, 2.45) is 0 Å². The molecule has 2 rings (SSSR count). The lowest BCUT2D eigenvalue weighted by atomic mass is 9.96. The predicted molar refractivity (Wildman–Crippen MR) is 142 cm³/mol. The van der Waals surface area contributed by atoms with Crippen LogP contribution in [0.5, 0.6) is 0 Å². The van der Waals surface area contributed by atoms with Gasteiger partial charge in [-0.2, -0.15) is 4.98 Å². The first-order valence-corrected chi connectivity index (χ1v) is 15.1. The Balaban J connectivity index is 2.41. The Hall–Kier alpha value is -2.18. The molecule has 0 amide bonds. The van der Waals surface area contributed by atoms with Crippen LogP contribution in [0.25, 0.3) is 0 Å². The van der Waals surface area contributed by atoms with E-state index in [0.717, 1.165) is 0 Å².